The van der Waals surface area contributed by atoms with Crippen LogP contribution in [0.15, 0.2) is 58.6 Å². The first kappa shape index (κ1) is 25.2. The van der Waals surface area contributed by atoms with E-state index >= 15 is 0 Å². The lowest BCUT2D eigenvalue weighted by atomic mass is 9.99. The van der Waals surface area contributed by atoms with Crippen LogP contribution in [-0.4, -0.2) is 35.5 Å². The highest BCUT2D eigenvalue weighted by Crippen LogP contribution is 2.51. The van der Waals surface area contributed by atoms with Crippen molar-refractivity contribution in [3.8, 4) is 0 Å². The van der Waals surface area contributed by atoms with Crippen LogP contribution in [0.2, 0.25) is 0 Å². The minimum Gasteiger partial charge on any atom is -0.351 e. The fourth-order valence-electron chi connectivity index (χ4n) is 3.57. The van der Waals surface area contributed by atoms with Gasteiger partial charge in [0.15, 0.2) is 0 Å². The molecule has 2 aromatic rings. The lowest BCUT2D eigenvalue weighted by Crippen LogP contribution is -2.44. The van der Waals surface area contributed by atoms with E-state index in [1.165, 1.54) is 16.8 Å². The van der Waals surface area contributed by atoms with Gasteiger partial charge >= 0.3 is 0 Å². The zero-order valence-electron chi connectivity index (χ0n) is 19.2. The van der Waals surface area contributed by atoms with Gasteiger partial charge in [-0.2, -0.15) is 16.6 Å². The van der Waals surface area contributed by atoms with E-state index in [1.807, 2.05) is 30.3 Å². The predicted octanol–water partition coefficient (Wildman–Crippen LogP) is 4.49. The maximum absolute atomic E-state index is 14.7. The lowest BCUT2D eigenvalue weighted by Gasteiger charge is -2.36. The van der Waals surface area contributed by atoms with E-state index in [-0.39, 0.29) is 22.4 Å². The molecule has 10 heteroatoms. The maximum atomic E-state index is 14.7. The molecule has 0 saturated heterocycles. The molecule has 1 aliphatic heterocycles. The smallest absolute Gasteiger partial charge is 0.262 e. The molecule has 1 atom stereocenters. The third-order valence-electron chi connectivity index (χ3n) is 5.26. The predicted molar refractivity (Wildman–Crippen MR) is 131 cm³/mol. The van der Waals surface area contributed by atoms with Gasteiger partial charge in [0.05, 0.1) is 0 Å². The highest BCUT2D eigenvalue weighted by Gasteiger charge is 2.49. The molecule has 0 saturated carbocycles. The quantitative estimate of drug-likeness (QED) is 0.200. The molecule has 0 radical (unpaired) electrons. The summed E-state index contributed by atoms with van der Waals surface area (Å²) in [4.78, 5) is 19.4. The third-order valence-corrected chi connectivity index (χ3v) is 6.70. The monoisotopic (exact) mass is 484 g/mol. The number of carbonyl (C=O) groups excluding carboxylic acids is 1. The van der Waals surface area contributed by atoms with Crippen molar-refractivity contribution in [1.29, 1.82) is 0 Å². The number of thioether (sulfide) groups is 1. The summed E-state index contributed by atoms with van der Waals surface area (Å²) >= 11 is 1.24. The Morgan fingerprint density at radius 3 is 2.65 bits per heavy atom. The van der Waals surface area contributed by atoms with Crippen LogP contribution in [0.5, 0.6) is 0 Å². The van der Waals surface area contributed by atoms with Gasteiger partial charge in [0, 0.05) is 25.1 Å². The molecular weight excluding hydrogens is 458 g/mol. The molecule has 0 bridgehead atoms. The van der Waals surface area contributed by atoms with E-state index < -0.39 is 16.5 Å². The topological polar surface area (TPSA) is 73.5 Å². The van der Waals surface area contributed by atoms with Gasteiger partial charge < -0.3 is 5.32 Å². The maximum Gasteiger partial charge on any atom is 0.262 e. The van der Waals surface area contributed by atoms with Crippen molar-refractivity contribution in [1.82, 2.24) is 15.8 Å². The number of rotatable bonds is 7. The van der Waals surface area contributed by atoms with E-state index in [0.29, 0.717) is 25.3 Å². The highest BCUT2D eigenvalue weighted by atomic mass is 32.2. The Morgan fingerprint density at radius 2 is 2.00 bits per heavy atom. The van der Waals surface area contributed by atoms with Crippen molar-refractivity contribution in [2.24, 2.45) is 16.0 Å². The molecule has 0 spiro atoms. The molecule has 1 aliphatic rings. The molecule has 0 fully saturated rings. The molecule has 1 amide bonds. The first-order valence-corrected chi connectivity index (χ1v) is 11.6. The summed E-state index contributed by atoms with van der Waals surface area (Å²) in [6.45, 7) is 10.9. The van der Waals surface area contributed by atoms with Gasteiger partial charge in [0.1, 0.15) is 21.5 Å². The minimum absolute atomic E-state index is 0.0177. The summed E-state index contributed by atoms with van der Waals surface area (Å²) in [5, 5.41) is 9.25. The van der Waals surface area contributed by atoms with Crippen LogP contribution < -0.4 is 10.7 Å². The largest absolute Gasteiger partial charge is 0.351 e. The average molecular weight is 485 g/mol. The van der Waals surface area contributed by atoms with Crippen molar-refractivity contribution in [3.05, 3.63) is 82.8 Å². The van der Waals surface area contributed by atoms with E-state index in [0.717, 1.165) is 23.8 Å². The molecule has 3 rings (SSSR count). The van der Waals surface area contributed by atoms with Gasteiger partial charge in [0.2, 0.25) is 5.91 Å². The van der Waals surface area contributed by atoms with Crippen LogP contribution in [0, 0.1) is 24.1 Å². The summed E-state index contributed by atoms with van der Waals surface area (Å²) in [6, 6.07) is 12.6. The Bertz CT molecular complexity index is 1130. The zero-order valence-corrected chi connectivity index (χ0v) is 20.0. The van der Waals surface area contributed by atoms with Crippen molar-refractivity contribution in [2.45, 2.75) is 31.6 Å². The van der Waals surface area contributed by atoms with Crippen molar-refractivity contribution in [3.63, 3.8) is 0 Å². The molecule has 2 N–H and O–H groups in total. The van der Waals surface area contributed by atoms with Crippen LogP contribution in [0.25, 0.3) is 4.95 Å². The fraction of sp³-hybridized carbons (Fsp3) is 0.333. The van der Waals surface area contributed by atoms with E-state index in [1.54, 1.807) is 20.9 Å². The standard InChI is InChI=1S/C24H26F2N6OS/c1-16(2)22(33)32-24(17-9-6-5-7-10-17,13-8-14-29-23(27-3)30-28-4)34-21(31-32)19-15-18(25)11-12-20(19)26/h5-7,9-12,15-16H,8,13-14H2,1-3H3,(H2,27,29,30). The normalized spacial score (nSPS) is 18.0. The molecule has 0 aromatic heterocycles. The first-order chi connectivity index (χ1) is 16.3. The number of hydrogen-bond acceptors (Lipinski definition) is 4. The first-order valence-electron chi connectivity index (χ1n) is 10.8. The molecule has 1 heterocycles. The lowest BCUT2D eigenvalue weighted by molar-refractivity contribution is -0.138. The molecule has 34 heavy (non-hydrogen) atoms. The van der Waals surface area contributed by atoms with Crippen molar-refractivity contribution >= 4 is 28.7 Å². The fourth-order valence-corrected chi connectivity index (χ4v) is 5.00. The second-order valence-electron chi connectivity index (χ2n) is 7.91. The summed E-state index contributed by atoms with van der Waals surface area (Å²) in [7, 11) is 1.56. The van der Waals surface area contributed by atoms with Crippen LogP contribution in [0.4, 0.5) is 8.78 Å². The van der Waals surface area contributed by atoms with Gasteiger partial charge in [-0.05, 0) is 36.6 Å². The Hall–Kier alpha value is -3.45. The van der Waals surface area contributed by atoms with Crippen molar-refractivity contribution in [2.75, 3.05) is 13.6 Å². The third kappa shape index (κ3) is 5.37. The van der Waals surface area contributed by atoms with Gasteiger partial charge in [-0.3, -0.25) is 9.79 Å². The summed E-state index contributed by atoms with van der Waals surface area (Å²) in [5.41, 5.74) is 3.29. The van der Waals surface area contributed by atoms with Gasteiger partial charge in [-0.25, -0.2) is 13.8 Å². The summed E-state index contributed by atoms with van der Waals surface area (Å²) in [5.74, 6) is -1.42. The number of halogens is 2. The van der Waals surface area contributed by atoms with Gasteiger partial charge in [-0.1, -0.05) is 61.4 Å². The van der Waals surface area contributed by atoms with Crippen LogP contribution in [-0.2, 0) is 9.67 Å². The van der Waals surface area contributed by atoms with Crippen LogP contribution >= 0.6 is 11.8 Å². The number of benzene rings is 2. The summed E-state index contributed by atoms with van der Waals surface area (Å²) < 4.78 is 28.6. The number of hydrogen-bond donors (Lipinski definition) is 2. The Kier molecular flexibility index (Phi) is 8.23. The second kappa shape index (κ2) is 11.1. The minimum atomic E-state index is -0.949. The Balaban J connectivity index is 2.00. The molecule has 1 unspecified atom stereocenters. The molecule has 7 nitrogen and oxygen atoms in total. The van der Waals surface area contributed by atoms with E-state index in [2.05, 4.69) is 25.8 Å². The van der Waals surface area contributed by atoms with Crippen LogP contribution in [0.3, 0.4) is 0 Å². The zero-order chi connectivity index (χ0) is 24.7. The van der Waals surface area contributed by atoms with Gasteiger partial charge in [-0.15, -0.1) is 0 Å². The number of nitrogens with zero attached hydrogens (tertiary/aromatic N) is 4. The van der Waals surface area contributed by atoms with E-state index in [9.17, 15) is 13.6 Å². The molecular formula is C24H26F2N6OS. The highest BCUT2D eigenvalue weighted by molar-refractivity contribution is 8.15. The number of amides is 1. The second-order valence-corrected chi connectivity index (χ2v) is 9.18. The number of guanidine groups is 1. The average Bonchev–Trinajstić information content (AvgIpc) is 3.23. The van der Waals surface area contributed by atoms with Gasteiger partial charge in [0.25, 0.3) is 5.96 Å². The molecule has 2 aromatic carbocycles. The Labute approximate surface area is 202 Å². The number of aliphatic imine (C=N–C) groups is 1. The molecule has 178 valence electrons. The molecule has 0 aliphatic carbocycles. The van der Waals surface area contributed by atoms with E-state index in [4.69, 9.17) is 6.57 Å². The SMILES string of the molecule is [C-]#[N+]NC(=NC)NCCCC1(c2ccccc2)SC(c2cc(F)ccc2F)=NN1C(=O)C(C)C. The number of nitrogens with one attached hydrogen (secondary N) is 2. The number of carbonyl (C=O) groups is 1. The number of hydrazone groups is 1. The van der Waals surface area contributed by atoms with Crippen molar-refractivity contribution < 1.29 is 13.6 Å². The summed E-state index contributed by atoms with van der Waals surface area (Å²) in [6.07, 6.45) is 1.04. The van der Waals surface area contributed by atoms with Crippen LogP contribution in [0.1, 0.15) is 37.8 Å². The Morgan fingerprint density at radius 1 is 1.26 bits per heavy atom.